The molecule has 1 atom stereocenters. The van der Waals surface area contributed by atoms with E-state index in [4.69, 9.17) is 14.2 Å². The first-order chi connectivity index (χ1) is 17.7. The van der Waals surface area contributed by atoms with Crippen LogP contribution in [-0.2, 0) is 9.59 Å². The second kappa shape index (κ2) is 12.6. The molecule has 2 aromatic rings. The first kappa shape index (κ1) is 28.1. The third kappa shape index (κ3) is 6.25. The molecule has 1 saturated heterocycles. The molecule has 8 heteroatoms. The molecule has 1 aliphatic heterocycles. The van der Waals surface area contributed by atoms with Gasteiger partial charge in [0, 0.05) is 18.7 Å². The van der Waals surface area contributed by atoms with E-state index in [2.05, 4.69) is 6.92 Å². The quantitative estimate of drug-likeness (QED) is 0.194. The molecule has 8 nitrogen and oxygen atoms in total. The molecule has 0 saturated carbocycles. The molecule has 0 radical (unpaired) electrons. The van der Waals surface area contributed by atoms with Gasteiger partial charge in [-0.25, -0.2) is 0 Å². The number of aliphatic hydroxyl groups is 1. The van der Waals surface area contributed by atoms with Crippen LogP contribution in [-0.4, -0.2) is 74.1 Å². The molecule has 1 amide bonds. The smallest absolute Gasteiger partial charge is 0.295 e. The van der Waals surface area contributed by atoms with Crippen LogP contribution in [0.25, 0.3) is 5.76 Å². The Morgan fingerprint density at radius 3 is 2.43 bits per heavy atom. The maximum absolute atomic E-state index is 13.3. The number of rotatable bonds is 12. The Kier molecular flexibility index (Phi) is 9.58. The summed E-state index contributed by atoms with van der Waals surface area (Å²) in [5.41, 5.74) is 1.92. The number of ether oxygens (including phenoxy) is 3. The van der Waals surface area contributed by atoms with Gasteiger partial charge < -0.3 is 29.1 Å². The highest BCUT2D eigenvalue weighted by Crippen LogP contribution is 2.42. The summed E-state index contributed by atoms with van der Waals surface area (Å²) in [6.45, 7) is 7.77. The number of hydrogen-bond donors (Lipinski definition) is 1. The Balaban J connectivity index is 2.13. The largest absolute Gasteiger partial charge is 0.507 e. The zero-order chi connectivity index (χ0) is 27.1. The summed E-state index contributed by atoms with van der Waals surface area (Å²) >= 11 is 0. The van der Waals surface area contributed by atoms with Gasteiger partial charge in [0.25, 0.3) is 11.7 Å². The van der Waals surface area contributed by atoms with Crippen molar-refractivity contribution in [3.63, 3.8) is 0 Å². The molecular weight excluding hydrogens is 472 g/mol. The van der Waals surface area contributed by atoms with E-state index >= 15 is 0 Å². The number of carbonyl (C=O) groups excluding carboxylic acids is 2. The minimum Gasteiger partial charge on any atom is -0.507 e. The zero-order valence-electron chi connectivity index (χ0n) is 22.7. The van der Waals surface area contributed by atoms with Gasteiger partial charge in [0.2, 0.25) is 0 Å². The SMILES string of the molecule is CCCCOc1ccc(C2C(=C(O)c3ccc(OCC)cc3C)C(=O)C(=O)N2CCN(C)C)cc1OC. The molecule has 0 spiro atoms. The molecule has 1 unspecified atom stereocenters. The number of ketones is 1. The predicted molar refractivity (Wildman–Crippen MR) is 143 cm³/mol. The fourth-order valence-corrected chi connectivity index (χ4v) is 4.37. The number of aryl methyl sites for hydroxylation is 1. The van der Waals surface area contributed by atoms with Crippen molar-refractivity contribution in [2.45, 2.75) is 39.7 Å². The summed E-state index contributed by atoms with van der Waals surface area (Å²) in [6.07, 6.45) is 1.92. The van der Waals surface area contributed by atoms with Crippen molar-refractivity contribution in [1.82, 2.24) is 9.80 Å². The van der Waals surface area contributed by atoms with E-state index in [0.29, 0.717) is 54.7 Å². The van der Waals surface area contributed by atoms with Crippen molar-refractivity contribution < 1.29 is 28.9 Å². The van der Waals surface area contributed by atoms with Crippen molar-refractivity contribution in [3.8, 4) is 17.2 Å². The van der Waals surface area contributed by atoms with E-state index in [1.165, 1.54) is 4.90 Å². The van der Waals surface area contributed by atoms with Crippen molar-refractivity contribution in [1.29, 1.82) is 0 Å². The van der Waals surface area contributed by atoms with Gasteiger partial charge in [-0.1, -0.05) is 19.4 Å². The van der Waals surface area contributed by atoms with E-state index in [9.17, 15) is 14.7 Å². The van der Waals surface area contributed by atoms with E-state index in [1.807, 2.05) is 38.9 Å². The number of unbranched alkanes of at least 4 members (excludes halogenated alkanes) is 1. The average Bonchev–Trinajstić information content (AvgIpc) is 3.12. The maximum atomic E-state index is 13.3. The fraction of sp³-hybridized carbons (Fsp3) is 0.448. The molecule has 200 valence electrons. The first-order valence-electron chi connectivity index (χ1n) is 12.7. The summed E-state index contributed by atoms with van der Waals surface area (Å²) in [4.78, 5) is 30.0. The lowest BCUT2D eigenvalue weighted by Gasteiger charge is -2.27. The highest BCUT2D eigenvalue weighted by atomic mass is 16.5. The number of hydrogen-bond acceptors (Lipinski definition) is 7. The Morgan fingerprint density at radius 1 is 1.05 bits per heavy atom. The van der Waals surface area contributed by atoms with E-state index < -0.39 is 17.7 Å². The molecule has 2 aromatic carbocycles. The van der Waals surface area contributed by atoms with Crippen LogP contribution in [0.5, 0.6) is 17.2 Å². The molecule has 1 aliphatic rings. The van der Waals surface area contributed by atoms with Gasteiger partial charge in [0.05, 0.1) is 31.9 Å². The molecule has 0 aromatic heterocycles. The van der Waals surface area contributed by atoms with Crippen molar-refractivity contribution >= 4 is 17.4 Å². The molecule has 3 rings (SSSR count). The lowest BCUT2D eigenvalue weighted by atomic mass is 9.93. The summed E-state index contributed by atoms with van der Waals surface area (Å²) in [5, 5.41) is 11.4. The van der Waals surface area contributed by atoms with Gasteiger partial charge in [0.15, 0.2) is 11.5 Å². The number of aliphatic hydroxyl groups excluding tert-OH is 1. The third-order valence-electron chi connectivity index (χ3n) is 6.35. The number of nitrogens with zero attached hydrogens (tertiary/aromatic N) is 2. The lowest BCUT2D eigenvalue weighted by molar-refractivity contribution is -0.140. The molecular formula is C29H38N2O6. The number of methoxy groups -OCH3 is 1. The topological polar surface area (TPSA) is 88.5 Å². The second-order valence-electron chi connectivity index (χ2n) is 9.32. The second-order valence-corrected chi connectivity index (χ2v) is 9.32. The number of amides is 1. The molecule has 1 fully saturated rings. The van der Waals surface area contributed by atoms with Gasteiger partial charge >= 0.3 is 0 Å². The minimum atomic E-state index is -0.774. The highest BCUT2D eigenvalue weighted by molar-refractivity contribution is 6.46. The van der Waals surface area contributed by atoms with Crippen LogP contribution in [0.4, 0.5) is 0 Å². The minimum absolute atomic E-state index is 0.0534. The van der Waals surface area contributed by atoms with Gasteiger partial charge in [-0.15, -0.1) is 0 Å². The first-order valence-corrected chi connectivity index (χ1v) is 12.7. The van der Waals surface area contributed by atoms with Crippen LogP contribution in [0.3, 0.4) is 0 Å². The van der Waals surface area contributed by atoms with Crippen LogP contribution >= 0.6 is 0 Å². The summed E-state index contributed by atoms with van der Waals surface area (Å²) < 4.78 is 17.0. The van der Waals surface area contributed by atoms with E-state index in [1.54, 1.807) is 37.4 Å². The Morgan fingerprint density at radius 2 is 1.81 bits per heavy atom. The monoisotopic (exact) mass is 510 g/mol. The average molecular weight is 511 g/mol. The number of carbonyl (C=O) groups is 2. The van der Waals surface area contributed by atoms with Crippen molar-refractivity contribution in [2.75, 3.05) is 47.5 Å². The molecule has 37 heavy (non-hydrogen) atoms. The predicted octanol–water partition coefficient (Wildman–Crippen LogP) is 4.56. The summed E-state index contributed by atoms with van der Waals surface area (Å²) in [7, 11) is 5.36. The molecule has 1 heterocycles. The van der Waals surface area contributed by atoms with Crippen LogP contribution in [0, 0.1) is 6.92 Å². The van der Waals surface area contributed by atoms with Crippen LogP contribution in [0.15, 0.2) is 42.0 Å². The van der Waals surface area contributed by atoms with Gasteiger partial charge in [-0.05, 0) is 75.8 Å². The van der Waals surface area contributed by atoms with E-state index in [-0.39, 0.29) is 11.3 Å². The maximum Gasteiger partial charge on any atom is 0.295 e. The fourth-order valence-electron chi connectivity index (χ4n) is 4.37. The number of benzene rings is 2. The Hall–Kier alpha value is -3.52. The normalized spacial score (nSPS) is 16.9. The number of Topliss-reactive ketones (excluding diaryl/α,β-unsaturated/α-hetero) is 1. The molecule has 0 aliphatic carbocycles. The van der Waals surface area contributed by atoms with Crippen molar-refractivity contribution in [3.05, 3.63) is 58.7 Å². The summed E-state index contributed by atoms with van der Waals surface area (Å²) in [6, 6.07) is 9.88. The standard InChI is InChI=1S/C29H38N2O6/c1-7-9-16-37-23-13-10-20(18-24(23)35-6)26-25(28(33)29(34)31(26)15-14-30(4)5)27(32)22-12-11-21(36-8-2)17-19(22)3/h10-13,17-18,26,32H,7-9,14-16H2,1-6H3. The molecule has 0 bridgehead atoms. The van der Waals surface area contributed by atoms with Crippen LogP contribution in [0.2, 0.25) is 0 Å². The molecule has 1 N–H and O–H groups in total. The lowest BCUT2D eigenvalue weighted by Crippen LogP contribution is -2.35. The van der Waals surface area contributed by atoms with Crippen LogP contribution < -0.4 is 14.2 Å². The summed E-state index contributed by atoms with van der Waals surface area (Å²) in [5.74, 6) is 0.203. The number of likely N-dealkylation sites (N-methyl/N-ethyl adjacent to an activating group) is 1. The highest BCUT2D eigenvalue weighted by Gasteiger charge is 2.46. The van der Waals surface area contributed by atoms with Gasteiger partial charge in [0.1, 0.15) is 11.5 Å². The third-order valence-corrected chi connectivity index (χ3v) is 6.35. The zero-order valence-corrected chi connectivity index (χ0v) is 22.7. The van der Waals surface area contributed by atoms with E-state index in [0.717, 1.165) is 18.4 Å². The van der Waals surface area contributed by atoms with Crippen molar-refractivity contribution in [2.24, 2.45) is 0 Å². The van der Waals surface area contributed by atoms with Gasteiger partial charge in [-0.2, -0.15) is 0 Å². The Bertz CT molecular complexity index is 1160. The Labute approximate surface area is 219 Å². The number of likely N-dealkylation sites (tertiary alicyclic amines) is 1. The van der Waals surface area contributed by atoms with Gasteiger partial charge in [-0.3, -0.25) is 9.59 Å². The van der Waals surface area contributed by atoms with Crippen LogP contribution in [0.1, 0.15) is 49.4 Å².